The zero-order valence-corrected chi connectivity index (χ0v) is 20.7. The van der Waals surface area contributed by atoms with Gasteiger partial charge < -0.3 is 14.9 Å². The maximum atomic E-state index is 17.1. The standard InChI is InChI=1S/C27H37FO6/c1-5-23(2,33)15-22(32)34-27(21(31)16-29)11-9-19-20-7-6-17-14-18(30)8-10-24(17,3)26(20,28)13-12-25(19,27)4/h8,10,14,19-20,29,33H,5-7,9,11-13,15-16H2,1-4H3/t19-,20-,23?,24-,25-,26+,27-/m0/s1. The second kappa shape index (κ2) is 8.09. The maximum Gasteiger partial charge on any atom is 0.309 e. The number of rotatable bonds is 6. The fourth-order valence-electron chi connectivity index (χ4n) is 7.57. The fourth-order valence-corrected chi connectivity index (χ4v) is 7.57. The van der Waals surface area contributed by atoms with Gasteiger partial charge in [-0.3, -0.25) is 14.4 Å². The molecule has 0 spiro atoms. The Morgan fingerprint density at radius 3 is 2.56 bits per heavy atom. The molecule has 0 bridgehead atoms. The Morgan fingerprint density at radius 1 is 1.21 bits per heavy atom. The number of hydrogen-bond acceptors (Lipinski definition) is 6. The minimum atomic E-state index is -1.58. The normalized spacial score (nSPS) is 42.7. The number of aliphatic hydroxyl groups excluding tert-OH is 1. The van der Waals surface area contributed by atoms with Gasteiger partial charge >= 0.3 is 5.97 Å². The van der Waals surface area contributed by atoms with E-state index in [1.807, 2.05) is 13.8 Å². The van der Waals surface area contributed by atoms with Crippen molar-refractivity contribution in [3.63, 3.8) is 0 Å². The summed E-state index contributed by atoms with van der Waals surface area (Å²) in [5, 5.41) is 20.2. The highest BCUT2D eigenvalue weighted by Crippen LogP contribution is 2.70. The zero-order chi connectivity index (χ0) is 25.2. The summed E-state index contributed by atoms with van der Waals surface area (Å²) in [6.45, 7) is 6.31. The second-order valence-electron chi connectivity index (χ2n) is 11.6. The molecular weight excluding hydrogens is 439 g/mol. The van der Waals surface area contributed by atoms with E-state index in [2.05, 4.69) is 0 Å². The number of fused-ring (bicyclic) bond motifs is 5. The van der Waals surface area contributed by atoms with Crippen molar-refractivity contribution in [3.8, 4) is 0 Å². The molecule has 0 aliphatic heterocycles. The van der Waals surface area contributed by atoms with Crippen LogP contribution < -0.4 is 0 Å². The maximum absolute atomic E-state index is 17.1. The van der Waals surface area contributed by atoms with Gasteiger partial charge in [0.15, 0.2) is 11.4 Å². The Kier molecular flexibility index (Phi) is 6.00. The molecule has 2 N–H and O–H groups in total. The fraction of sp³-hybridized carbons (Fsp3) is 0.741. The van der Waals surface area contributed by atoms with Crippen LogP contribution in [0.5, 0.6) is 0 Å². The molecule has 4 rings (SSSR count). The highest BCUT2D eigenvalue weighted by atomic mass is 19.1. The molecule has 0 aromatic carbocycles. The number of ketones is 2. The van der Waals surface area contributed by atoms with Crippen LogP contribution in [-0.2, 0) is 19.1 Å². The molecule has 3 saturated carbocycles. The molecule has 7 heteroatoms. The van der Waals surface area contributed by atoms with Crippen LogP contribution in [0.3, 0.4) is 0 Å². The van der Waals surface area contributed by atoms with Crippen LogP contribution in [0.4, 0.5) is 4.39 Å². The quantitative estimate of drug-likeness (QED) is 0.566. The lowest BCUT2D eigenvalue weighted by molar-refractivity contribution is -0.201. The predicted molar refractivity (Wildman–Crippen MR) is 123 cm³/mol. The van der Waals surface area contributed by atoms with Gasteiger partial charge in [-0.15, -0.1) is 0 Å². The third-order valence-electron chi connectivity index (χ3n) is 9.95. The van der Waals surface area contributed by atoms with E-state index in [1.54, 1.807) is 26.0 Å². The minimum absolute atomic E-state index is 0.113. The largest absolute Gasteiger partial charge is 0.450 e. The van der Waals surface area contributed by atoms with Gasteiger partial charge in [0.25, 0.3) is 0 Å². The number of ether oxygens (including phenoxy) is 1. The van der Waals surface area contributed by atoms with Crippen molar-refractivity contribution in [3.05, 3.63) is 23.8 Å². The summed E-state index contributed by atoms with van der Waals surface area (Å²) in [5.41, 5.74) is -5.26. The summed E-state index contributed by atoms with van der Waals surface area (Å²) in [7, 11) is 0. The smallest absolute Gasteiger partial charge is 0.309 e. The van der Waals surface area contributed by atoms with Gasteiger partial charge in [-0.2, -0.15) is 0 Å². The lowest BCUT2D eigenvalue weighted by atomic mass is 9.45. The van der Waals surface area contributed by atoms with Gasteiger partial charge in [-0.05, 0) is 82.8 Å². The summed E-state index contributed by atoms with van der Waals surface area (Å²) in [6.07, 6.45) is 7.22. The number of carbonyl (C=O) groups excluding carboxylic acids is 3. The molecule has 6 nitrogen and oxygen atoms in total. The molecule has 188 valence electrons. The minimum Gasteiger partial charge on any atom is -0.450 e. The summed E-state index contributed by atoms with van der Waals surface area (Å²) >= 11 is 0. The SMILES string of the molecule is CCC(C)(O)CC(=O)O[C@]1(C(=O)CO)CC[C@H]2[C@@H]3CCC4=CC(=O)C=C[C@]4(C)[C@@]3(F)CC[C@@]21C. The molecule has 0 aromatic rings. The molecule has 7 atom stereocenters. The Hall–Kier alpha value is -1.86. The van der Waals surface area contributed by atoms with Gasteiger partial charge in [0.1, 0.15) is 12.3 Å². The Labute approximate surface area is 200 Å². The summed E-state index contributed by atoms with van der Waals surface area (Å²) < 4.78 is 23.0. The number of allylic oxidation sites excluding steroid dienone is 4. The zero-order valence-electron chi connectivity index (χ0n) is 20.7. The first-order chi connectivity index (χ1) is 15.8. The van der Waals surface area contributed by atoms with Crippen LogP contribution >= 0.6 is 0 Å². The van der Waals surface area contributed by atoms with Gasteiger partial charge in [0.2, 0.25) is 5.78 Å². The van der Waals surface area contributed by atoms with Crippen LogP contribution in [0, 0.1) is 22.7 Å². The monoisotopic (exact) mass is 476 g/mol. The lowest BCUT2D eigenvalue weighted by Gasteiger charge is -2.61. The van der Waals surface area contributed by atoms with E-state index in [-0.39, 0.29) is 36.9 Å². The highest BCUT2D eigenvalue weighted by Gasteiger charge is 2.72. The predicted octanol–water partition coefficient (Wildman–Crippen LogP) is 3.78. The van der Waals surface area contributed by atoms with Gasteiger partial charge in [0.05, 0.1) is 12.0 Å². The van der Waals surface area contributed by atoms with E-state index in [9.17, 15) is 24.6 Å². The second-order valence-corrected chi connectivity index (χ2v) is 11.6. The Morgan fingerprint density at radius 2 is 1.91 bits per heavy atom. The number of carbonyl (C=O) groups is 3. The molecule has 1 unspecified atom stereocenters. The molecule has 4 aliphatic rings. The molecular formula is C27H37FO6. The average molecular weight is 477 g/mol. The van der Waals surface area contributed by atoms with Gasteiger partial charge in [-0.25, -0.2) is 4.39 Å². The molecule has 34 heavy (non-hydrogen) atoms. The Bertz CT molecular complexity index is 968. The van der Waals surface area contributed by atoms with E-state index >= 15 is 4.39 Å². The highest BCUT2D eigenvalue weighted by molar-refractivity contribution is 6.01. The topological polar surface area (TPSA) is 101 Å². The Balaban J connectivity index is 1.70. The van der Waals surface area contributed by atoms with Crippen molar-refractivity contribution in [1.82, 2.24) is 0 Å². The van der Waals surface area contributed by atoms with E-state index in [0.29, 0.717) is 32.1 Å². The van der Waals surface area contributed by atoms with E-state index in [0.717, 1.165) is 5.57 Å². The van der Waals surface area contributed by atoms with Crippen molar-refractivity contribution >= 4 is 17.5 Å². The van der Waals surface area contributed by atoms with Gasteiger partial charge in [0, 0.05) is 10.8 Å². The van der Waals surface area contributed by atoms with E-state index in [1.165, 1.54) is 6.08 Å². The number of halogens is 1. The van der Waals surface area contributed by atoms with E-state index in [4.69, 9.17) is 4.74 Å². The van der Waals surface area contributed by atoms with Crippen molar-refractivity contribution in [1.29, 1.82) is 0 Å². The molecule has 4 aliphatic carbocycles. The van der Waals surface area contributed by atoms with Crippen molar-refractivity contribution < 1.29 is 33.7 Å². The summed E-state index contributed by atoms with van der Waals surface area (Å²) in [4.78, 5) is 38.0. The third-order valence-corrected chi connectivity index (χ3v) is 9.95. The first-order valence-electron chi connectivity index (χ1n) is 12.5. The molecule has 0 saturated heterocycles. The molecule has 0 amide bonds. The third kappa shape index (κ3) is 3.37. The molecule has 0 heterocycles. The van der Waals surface area contributed by atoms with Gasteiger partial charge in [-0.1, -0.05) is 25.5 Å². The van der Waals surface area contributed by atoms with Crippen LogP contribution in [0.15, 0.2) is 23.8 Å². The summed E-state index contributed by atoms with van der Waals surface area (Å²) in [6, 6.07) is 0. The molecule has 0 aromatic heterocycles. The first-order valence-corrected chi connectivity index (χ1v) is 12.5. The van der Waals surface area contributed by atoms with E-state index < -0.39 is 46.1 Å². The van der Waals surface area contributed by atoms with Crippen LogP contribution in [0.1, 0.15) is 79.1 Å². The van der Waals surface area contributed by atoms with Crippen molar-refractivity contribution in [2.24, 2.45) is 22.7 Å². The van der Waals surface area contributed by atoms with Crippen molar-refractivity contribution in [2.45, 2.75) is 95.9 Å². The number of hydrogen-bond donors (Lipinski definition) is 2. The van der Waals surface area contributed by atoms with Crippen LogP contribution in [0.2, 0.25) is 0 Å². The molecule has 3 fully saturated rings. The lowest BCUT2D eigenvalue weighted by Crippen LogP contribution is -2.64. The number of alkyl halides is 1. The van der Waals surface area contributed by atoms with Crippen LogP contribution in [-0.4, -0.2) is 51.2 Å². The number of aliphatic hydroxyl groups is 2. The van der Waals surface area contributed by atoms with Crippen molar-refractivity contribution in [2.75, 3.05) is 6.61 Å². The number of Topliss-reactive ketones (excluding diaryl/α,β-unsaturated/α-hetero) is 1. The molecule has 0 radical (unpaired) electrons. The van der Waals surface area contributed by atoms with Crippen LogP contribution in [0.25, 0.3) is 0 Å². The summed E-state index contributed by atoms with van der Waals surface area (Å²) in [5.74, 6) is -1.93. The first kappa shape index (κ1) is 25.2. The number of esters is 1. The average Bonchev–Trinajstić information content (AvgIpc) is 3.07.